The summed E-state index contributed by atoms with van der Waals surface area (Å²) >= 11 is 0. The molecule has 5 rings (SSSR count). The molecule has 25 heavy (non-hydrogen) atoms. The van der Waals surface area contributed by atoms with Crippen LogP contribution in [0.15, 0.2) is 18.2 Å². The van der Waals surface area contributed by atoms with Crippen molar-refractivity contribution in [1.29, 1.82) is 0 Å². The van der Waals surface area contributed by atoms with Gasteiger partial charge in [0.2, 0.25) is 0 Å². The van der Waals surface area contributed by atoms with Gasteiger partial charge in [-0.2, -0.15) is 10.2 Å². The molecule has 1 aliphatic heterocycles. The van der Waals surface area contributed by atoms with Crippen LogP contribution in [0.1, 0.15) is 48.6 Å². The largest absolute Gasteiger partial charge is 0.368 e. The van der Waals surface area contributed by atoms with Gasteiger partial charge in [0, 0.05) is 31.5 Å². The molecule has 2 aliphatic carbocycles. The van der Waals surface area contributed by atoms with Crippen LogP contribution < -0.4 is 10.2 Å². The lowest BCUT2D eigenvalue weighted by Gasteiger charge is -2.40. The monoisotopic (exact) mass is 336 g/mol. The molecule has 2 aromatic rings. The Balaban J connectivity index is 1.12. The van der Waals surface area contributed by atoms with Crippen LogP contribution in [0, 0.1) is 5.92 Å². The number of anilines is 2. The minimum Gasteiger partial charge on any atom is -0.368 e. The molecule has 1 saturated carbocycles. The zero-order chi connectivity index (χ0) is 16.6. The van der Waals surface area contributed by atoms with Crippen molar-refractivity contribution >= 4 is 11.6 Å². The molecule has 0 spiro atoms. The molecule has 3 aliphatic rings. The van der Waals surface area contributed by atoms with Crippen molar-refractivity contribution in [2.45, 2.75) is 44.4 Å². The van der Waals surface area contributed by atoms with Gasteiger partial charge in [-0.3, -0.25) is 0 Å². The van der Waals surface area contributed by atoms with Gasteiger partial charge in [0.05, 0.1) is 11.4 Å². The average molecular weight is 336 g/mol. The number of hydrogen-bond donors (Lipinski definition) is 1. The Kier molecular flexibility index (Phi) is 3.76. The van der Waals surface area contributed by atoms with Crippen LogP contribution >= 0.6 is 0 Å². The van der Waals surface area contributed by atoms with Crippen molar-refractivity contribution in [3.05, 3.63) is 35.2 Å². The molecular formula is C19H24N6. The predicted octanol–water partition coefficient (Wildman–Crippen LogP) is 2.57. The maximum atomic E-state index is 4.40. The fourth-order valence-electron chi connectivity index (χ4n) is 3.81. The van der Waals surface area contributed by atoms with Gasteiger partial charge in [-0.05, 0) is 62.3 Å². The highest BCUT2D eigenvalue weighted by atomic mass is 15.3. The third-order valence-corrected chi connectivity index (χ3v) is 5.59. The maximum absolute atomic E-state index is 4.40. The molecule has 6 heteroatoms. The van der Waals surface area contributed by atoms with Crippen LogP contribution in [0.3, 0.4) is 0 Å². The average Bonchev–Trinajstić information content (AvgIpc) is 3.46. The first-order valence-electron chi connectivity index (χ1n) is 9.53. The Morgan fingerprint density at radius 1 is 1.00 bits per heavy atom. The van der Waals surface area contributed by atoms with E-state index in [0.717, 1.165) is 49.8 Å². The minimum absolute atomic E-state index is 0.628. The molecule has 130 valence electrons. The third-order valence-electron chi connectivity index (χ3n) is 5.59. The van der Waals surface area contributed by atoms with Crippen LogP contribution in [0.25, 0.3) is 0 Å². The molecule has 6 nitrogen and oxygen atoms in total. The summed E-state index contributed by atoms with van der Waals surface area (Å²) in [6.07, 6.45) is 7.30. The summed E-state index contributed by atoms with van der Waals surface area (Å²) in [6.45, 7) is 3.00. The van der Waals surface area contributed by atoms with E-state index in [-0.39, 0.29) is 0 Å². The quantitative estimate of drug-likeness (QED) is 0.905. The number of nitrogens with one attached hydrogen (secondary N) is 1. The zero-order valence-electron chi connectivity index (χ0n) is 14.5. The Bertz CT molecular complexity index is 749. The molecule has 0 amide bonds. The van der Waals surface area contributed by atoms with E-state index in [9.17, 15) is 0 Å². The van der Waals surface area contributed by atoms with E-state index in [4.69, 9.17) is 0 Å². The van der Waals surface area contributed by atoms with Gasteiger partial charge in [0.1, 0.15) is 5.82 Å². The highest BCUT2D eigenvalue weighted by Gasteiger charge is 2.29. The number of hydrogen-bond acceptors (Lipinski definition) is 6. The summed E-state index contributed by atoms with van der Waals surface area (Å²) in [7, 11) is 0. The Morgan fingerprint density at radius 2 is 1.88 bits per heavy atom. The maximum Gasteiger partial charge on any atom is 0.151 e. The SMILES string of the molecule is c1cc(N2CC(CNc3cc4c(nn3)CCCC4)C2)nnc1C1CC1. The number of rotatable bonds is 5. The van der Waals surface area contributed by atoms with Crippen molar-refractivity contribution in [3.8, 4) is 0 Å². The smallest absolute Gasteiger partial charge is 0.151 e. The van der Waals surface area contributed by atoms with Crippen LogP contribution in [-0.4, -0.2) is 40.0 Å². The van der Waals surface area contributed by atoms with Crippen LogP contribution in [0.5, 0.6) is 0 Å². The van der Waals surface area contributed by atoms with Gasteiger partial charge in [0.25, 0.3) is 0 Å². The lowest BCUT2D eigenvalue weighted by molar-refractivity contribution is 0.424. The summed E-state index contributed by atoms with van der Waals surface area (Å²) in [4.78, 5) is 2.30. The summed E-state index contributed by atoms with van der Waals surface area (Å²) < 4.78 is 0. The number of aryl methyl sites for hydroxylation is 2. The van der Waals surface area contributed by atoms with Gasteiger partial charge < -0.3 is 10.2 Å². The van der Waals surface area contributed by atoms with E-state index in [1.54, 1.807) is 0 Å². The summed E-state index contributed by atoms with van der Waals surface area (Å²) in [5, 5.41) is 21.0. The fourth-order valence-corrected chi connectivity index (χ4v) is 3.81. The van der Waals surface area contributed by atoms with Crippen molar-refractivity contribution in [1.82, 2.24) is 20.4 Å². The van der Waals surface area contributed by atoms with Crippen molar-refractivity contribution in [3.63, 3.8) is 0 Å². The molecule has 1 N–H and O–H groups in total. The van der Waals surface area contributed by atoms with Gasteiger partial charge >= 0.3 is 0 Å². The van der Waals surface area contributed by atoms with Gasteiger partial charge in [-0.1, -0.05) is 0 Å². The first kappa shape index (κ1) is 15.0. The van der Waals surface area contributed by atoms with E-state index in [1.807, 2.05) is 0 Å². The van der Waals surface area contributed by atoms with E-state index in [2.05, 4.69) is 48.8 Å². The Labute approximate surface area is 148 Å². The molecule has 0 atom stereocenters. The molecule has 1 saturated heterocycles. The summed E-state index contributed by atoms with van der Waals surface area (Å²) in [6, 6.07) is 6.47. The highest BCUT2D eigenvalue weighted by molar-refractivity contribution is 5.43. The second-order valence-corrected chi connectivity index (χ2v) is 7.65. The Hall–Kier alpha value is -2.24. The third kappa shape index (κ3) is 3.17. The van der Waals surface area contributed by atoms with E-state index in [0.29, 0.717) is 11.8 Å². The highest BCUT2D eigenvalue weighted by Crippen LogP contribution is 2.39. The van der Waals surface area contributed by atoms with Gasteiger partial charge in [-0.25, -0.2) is 0 Å². The van der Waals surface area contributed by atoms with E-state index < -0.39 is 0 Å². The fraction of sp³-hybridized carbons (Fsp3) is 0.579. The molecule has 3 heterocycles. The zero-order valence-corrected chi connectivity index (χ0v) is 14.5. The number of fused-ring (bicyclic) bond motifs is 1. The Morgan fingerprint density at radius 3 is 2.68 bits per heavy atom. The summed E-state index contributed by atoms with van der Waals surface area (Å²) in [5.74, 6) is 3.23. The molecule has 0 bridgehead atoms. The van der Waals surface area contributed by atoms with Crippen molar-refractivity contribution in [2.75, 3.05) is 29.9 Å². The lowest BCUT2D eigenvalue weighted by Crippen LogP contribution is -2.50. The van der Waals surface area contributed by atoms with Crippen molar-refractivity contribution in [2.24, 2.45) is 5.92 Å². The topological polar surface area (TPSA) is 66.8 Å². The van der Waals surface area contributed by atoms with Crippen LogP contribution in [0.4, 0.5) is 11.6 Å². The number of aromatic nitrogens is 4. The second kappa shape index (κ2) is 6.24. The molecule has 2 fully saturated rings. The van der Waals surface area contributed by atoms with Crippen molar-refractivity contribution < 1.29 is 0 Å². The first-order valence-corrected chi connectivity index (χ1v) is 9.53. The predicted molar refractivity (Wildman–Crippen MR) is 96.9 cm³/mol. The van der Waals surface area contributed by atoms with E-state index in [1.165, 1.54) is 36.9 Å². The minimum atomic E-state index is 0.628. The molecule has 0 aromatic carbocycles. The van der Waals surface area contributed by atoms with Crippen LogP contribution in [0.2, 0.25) is 0 Å². The lowest BCUT2D eigenvalue weighted by atomic mass is 9.96. The van der Waals surface area contributed by atoms with Crippen LogP contribution in [-0.2, 0) is 12.8 Å². The normalized spacial score (nSPS) is 20.1. The molecule has 0 unspecified atom stereocenters. The molecule has 0 radical (unpaired) electrons. The first-order chi connectivity index (χ1) is 12.3. The number of nitrogens with zero attached hydrogens (tertiary/aromatic N) is 5. The molecular weight excluding hydrogens is 312 g/mol. The second-order valence-electron chi connectivity index (χ2n) is 7.65. The van der Waals surface area contributed by atoms with Gasteiger partial charge in [-0.15, -0.1) is 10.2 Å². The van der Waals surface area contributed by atoms with E-state index >= 15 is 0 Å². The summed E-state index contributed by atoms with van der Waals surface area (Å²) in [5.41, 5.74) is 3.73. The molecule has 2 aromatic heterocycles. The standard InChI is InChI=1S/C19H24N6/c1-2-4-16-15(3-1)9-18(23-21-16)20-10-13-11-25(12-13)19-8-7-17(22-24-19)14-5-6-14/h7-9,13-14H,1-6,10-12H2,(H,20,23). The van der Waals surface area contributed by atoms with Gasteiger partial charge in [0.15, 0.2) is 5.82 Å².